The molecule has 5 heteroatoms. The van der Waals surface area contributed by atoms with Gasteiger partial charge in [-0.15, -0.1) is 0 Å². The largest absolute Gasteiger partial charge is 0.497 e. The highest BCUT2D eigenvalue weighted by molar-refractivity contribution is 5.92. The third-order valence-corrected chi connectivity index (χ3v) is 5.06. The molecule has 1 aromatic rings. The molecule has 5 nitrogen and oxygen atoms in total. The standard InChI is InChI=1S/C20H32N2O3/c1-14-5-7-16(8-6-14)13-21-15(2)11-20(23)22-18-12-17(24-3)9-10-19(18)25-4/h9-10,12,14-16,21H,5-8,11,13H2,1-4H3,(H,22,23). The van der Waals surface area contributed by atoms with Crippen molar-refractivity contribution in [3.05, 3.63) is 18.2 Å². The van der Waals surface area contributed by atoms with Crippen LogP contribution in [-0.2, 0) is 4.79 Å². The Balaban J connectivity index is 1.79. The summed E-state index contributed by atoms with van der Waals surface area (Å²) in [6.45, 7) is 5.40. The third kappa shape index (κ3) is 6.24. The lowest BCUT2D eigenvalue weighted by Crippen LogP contribution is -2.35. The summed E-state index contributed by atoms with van der Waals surface area (Å²) in [5, 5.41) is 6.45. The molecule has 140 valence electrons. The van der Waals surface area contributed by atoms with E-state index in [9.17, 15) is 4.79 Å². The summed E-state index contributed by atoms with van der Waals surface area (Å²) in [7, 11) is 3.19. The summed E-state index contributed by atoms with van der Waals surface area (Å²) in [5.74, 6) is 2.92. The van der Waals surface area contributed by atoms with Crippen LogP contribution in [0.1, 0.15) is 46.0 Å². The normalized spacial score (nSPS) is 21.4. The van der Waals surface area contributed by atoms with Gasteiger partial charge in [-0.3, -0.25) is 4.79 Å². The molecule has 1 aliphatic rings. The molecule has 1 aliphatic carbocycles. The minimum absolute atomic E-state index is 0.0242. The molecule has 0 heterocycles. The number of carbonyl (C=O) groups excluding carboxylic acids is 1. The molecule has 0 aromatic heterocycles. The zero-order chi connectivity index (χ0) is 18.2. The number of hydrogen-bond donors (Lipinski definition) is 2. The molecule has 1 saturated carbocycles. The van der Waals surface area contributed by atoms with Crippen molar-refractivity contribution in [2.45, 2.75) is 52.0 Å². The lowest BCUT2D eigenvalue weighted by molar-refractivity contribution is -0.116. The van der Waals surface area contributed by atoms with Crippen molar-refractivity contribution >= 4 is 11.6 Å². The van der Waals surface area contributed by atoms with Gasteiger partial charge in [-0.25, -0.2) is 0 Å². The van der Waals surface area contributed by atoms with E-state index in [1.807, 2.05) is 6.07 Å². The maximum absolute atomic E-state index is 12.3. The molecule has 2 N–H and O–H groups in total. The van der Waals surface area contributed by atoms with Gasteiger partial charge in [-0.05, 0) is 50.3 Å². The number of amides is 1. The highest BCUT2D eigenvalue weighted by atomic mass is 16.5. The summed E-state index contributed by atoms with van der Waals surface area (Å²) in [5.41, 5.74) is 0.639. The Morgan fingerprint density at radius 1 is 1.20 bits per heavy atom. The Morgan fingerprint density at radius 3 is 2.56 bits per heavy atom. The molecule has 1 unspecified atom stereocenters. The smallest absolute Gasteiger partial charge is 0.226 e. The number of benzene rings is 1. The number of anilines is 1. The van der Waals surface area contributed by atoms with Gasteiger partial charge in [0.05, 0.1) is 19.9 Å². The fourth-order valence-corrected chi connectivity index (χ4v) is 3.36. The van der Waals surface area contributed by atoms with E-state index in [1.54, 1.807) is 26.4 Å². The van der Waals surface area contributed by atoms with Gasteiger partial charge in [-0.1, -0.05) is 19.8 Å². The fourth-order valence-electron chi connectivity index (χ4n) is 3.36. The highest BCUT2D eigenvalue weighted by Gasteiger charge is 2.19. The third-order valence-electron chi connectivity index (χ3n) is 5.06. The lowest BCUT2D eigenvalue weighted by atomic mass is 9.83. The second-order valence-electron chi connectivity index (χ2n) is 7.25. The van der Waals surface area contributed by atoms with Crippen LogP contribution < -0.4 is 20.1 Å². The van der Waals surface area contributed by atoms with E-state index in [2.05, 4.69) is 24.5 Å². The molecule has 0 bridgehead atoms. The Bertz CT molecular complexity index is 554. The first kappa shape index (κ1) is 19.6. The van der Waals surface area contributed by atoms with E-state index in [0.717, 1.165) is 18.4 Å². The van der Waals surface area contributed by atoms with Crippen molar-refractivity contribution in [3.8, 4) is 11.5 Å². The van der Waals surface area contributed by atoms with Crippen LogP contribution in [0.4, 0.5) is 5.69 Å². The first-order valence-corrected chi connectivity index (χ1v) is 9.27. The summed E-state index contributed by atoms with van der Waals surface area (Å²) in [6.07, 6.45) is 5.69. The molecule has 0 spiro atoms. The van der Waals surface area contributed by atoms with Crippen molar-refractivity contribution < 1.29 is 14.3 Å². The summed E-state index contributed by atoms with van der Waals surface area (Å²) >= 11 is 0. The molecule has 1 aromatic carbocycles. The van der Waals surface area contributed by atoms with E-state index >= 15 is 0 Å². The maximum Gasteiger partial charge on any atom is 0.226 e. The van der Waals surface area contributed by atoms with E-state index in [1.165, 1.54) is 25.7 Å². The monoisotopic (exact) mass is 348 g/mol. The van der Waals surface area contributed by atoms with Gasteiger partial charge in [-0.2, -0.15) is 0 Å². The van der Waals surface area contributed by atoms with Gasteiger partial charge < -0.3 is 20.1 Å². The lowest BCUT2D eigenvalue weighted by Gasteiger charge is -2.27. The number of hydrogen-bond acceptors (Lipinski definition) is 4. The van der Waals surface area contributed by atoms with Crippen LogP contribution in [0.25, 0.3) is 0 Å². The van der Waals surface area contributed by atoms with Crippen LogP contribution in [0.2, 0.25) is 0 Å². The van der Waals surface area contributed by atoms with Gasteiger partial charge in [0.1, 0.15) is 11.5 Å². The Kier molecular flexibility index (Phi) is 7.56. The molecule has 0 saturated heterocycles. The van der Waals surface area contributed by atoms with E-state index in [-0.39, 0.29) is 11.9 Å². The minimum atomic E-state index is -0.0242. The summed E-state index contributed by atoms with van der Waals surface area (Å²) in [6, 6.07) is 5.53. The Morgan fingerprint density at radius 2 is 1.92 bits per heavy atom. The van der Waals surface area contributed by atoms with Crippen LogP contribution in [0.15, 0.2) is 18.2 Å². The average molecular weight is 348 g/mol. The molecular weight excluding hydrogens is 316 g/mol. The van der Waals surface area contributed by atoms with Crippen LogP contribution in [0.3, 0.4) is 0 Å². The number of rotatable bonds is 8. The van der Waals surface area contributed by atoms with Gasteiger partial charge in [0, 0.05) is 18.5 Å². The van der Waals surface area contributed by atoms with Gasteiger partial charge in [0.2, 0.25) is 5.91 Å². The van der Waals surface area contributed by atoms with Crippen molar-refractivity contribution in [1.29, 1.82) is 0 Å². The Hall–Kier alpha value is -1.75. The minimum Gasteiger partial charge on any atom is -0.497 e. The quantitative estimate of drug-likeness (QED) is 0.749. The zero-order valence-corrected chi connectivity index (χ0v) is 15.9. The topological polar surface area (TPSA) is 59.6 Å². The summed E-state index contributed by atoms with van der Waals surface area (Å²) in [4.78, 5) is 12.3. The second kappa shape index (κ2) is 9.66. The number of ether oxygens (including phenoxy) is 2. The van der Waals surface area contributed by atoms with Crippen LogP contribution in [0.5, 0.6) is 11.5 Å². The van der Waals surface area contributed by atoms with Crippen molar-refractivity contribution in [3.63, 3.8) is 0 Å². The highest BCUT2D eigenvalue weighted by Crippen LogP contribution is 2.29. The van der Waals surface area contributed by atoms with Gasteiger partial charge in [0.25, 0.3) is 0 Å². The molecule has 1 fully saturated rings. The molecule has 25 heavy (non-hydrogen) atoms. The van der Waals surface area contributed by atoms with Crippen molar-refractivity contribution in [2.24, 2.45) is 11.8 Å². The number of carbonyl (C=O) groups is 1. The van der Waals surface area contributed by atoms with E-state index in [0.29, 0.717) is 23.6 Å². The fraction of sp³-hybridized carbons (Fsp3) is 0.650. The van der Waals surface area contributed by atoms with Crippen LogP contribution in [-0.4, -0.2) is 32.7 Å². The second-order valence-corrected chi connectivity index (χ2v) is 7.25. The maximum atomic E-state index is 12.3. The number of methoxy groups -OCH3 is 2. The van der Waals surface area contributed by atoms with Gasteiger partial charge in [0.15, 0.2) is 0 Å². The molecule has 0 aliphatic heterocycles. The van der Waals surface area contributed by atoms with Crippen LogP contribution in [0, 0.1) is 11.8 Å². The van der Waals surface area contributed by atoms with E-state index < -0.39 is 0 Å². The molecule has 2 rings (SSSR count). The summed E-state index contributed by atoms with van der Waals surface area (Å²) < 4.78 is 10.5. The first-order chi connectivity index (χ1) is 12.0. The van der Waals surface area contributed by atoms with E-state index in [4.69, 9.17) is 9.47 Å². The van der Waals surface area contributed by atoms with Crippen molar-refractivity contribution in [2.75, 3.05) is 26.1 Å². The first-order valence-electron chi connectivity index (χ1n) is 9.27. The molecular formula is C20H32N2O3. The van der Waals surface area contributed by atoms with Crippen LogP contribution >= 0.6 is 0 Å². The average Bonchev–Trinajstić information content (AvgIpc) is 2.61. The predicted molar refractivity (Wildman–Crippen MR) is 101 cm³/mol. The SMILES string of the molecule is COc1ccc(OC)c(NC(=O)CC(C)NCC2CCC(C)CC2)c1. The number of nitrogens with one attached hydrogen (secondary N) is 2. The van der Waals surface area contributed by atoms with Gasteiger partial charge >= 0.3 is 0 Å². The Labute approximate surface area is 151 Å². The molecule has 1 amide bonds. The molecule has 0 radical (unpaired) electrons. The predicted octanol–water partition coefficient (Wildman–Crippen LogP) is 3.84. The van der Waals surface area contributed by atoms with Crippen molar-refractivity contribution in [1.82, 2.24) is 5.32 Å². The zero-order valence-electron chi connectivity index (χ0n) is 15.9. The molecule has 1 atom stereocenters.